The molecule has 2 heteroatoms. The number of hydrogen-bond donors (Lipinski definition) is 0. The van der Waals surface area contributed by atoms with Crippen LogP contribution >= 0.6 is 0 Å². The van der Waals surface area contributed by atoms with Crippen LogP contribution in [0.2, 0.25) is 0 Å². The number of halogens is 1. The Hall–Kier alpha value is -0.890. The van der Waals surface area contributed by atoms with Gasteiger partial charge in [0, 0.05) is 12.1 Å². The lowest BCUT2D eigenvalue weighted by molar-refractivity contribution is 0.0999. The van der Waals surface area contributed by atoms with E-state index in [9.17, 15) is 4.39 Å². The maximum absolute atomic E-state index is 13.5. The molecular formula is C10H12FN. The molecule has 2 rings (SSSR count). The number of benzene rings is 1. The molecule has 0 N–H and O–H groups in total. The van der Waals surface area contributed by atoms with Crippen molar-refractivity contribution >= 4 is 0 Å². The highest BCUT2D eigenvalue weighted by atomic mass is 19.1. The smallest absolute Gasteiger partial charge is 0.179 e. The molecule has 0 saturated heterocycles. The quantitative estimate of drug-likeness (QED) is 0.532. The van der Waals surface area contributed by atoms with Gasteiger partial charge in [-0.25, -0.2) is 4.39 Å². The van der Waals surface area contributed by atoms with Gasteiger partial charge in [0.1, 0.15) is 0 Å². The predicted molar refractivity (Wildman–Crippen MR) is 46.6 cm³/mol. The SMILES string of the molecule is CN1CCc2ccccc2C1F. The van der Waals surface area contributed by atoms with Gasteiger partial charge in [0.2, 0.25) is 0 Å². The van der Waals surface area contributed by atoms with Gasteiger partial charge in [-0.1, -0.05) is 24.3 Å². The van der Waals surface area contributed by atoms with Crippen LogP contribution in [0, 0.1) is 0 Å². The molecule has 1 heterocycles. The van der Waals surface area contributed by atoms with E-state index in [1.807, 2.05) is 31.3 Å². The molecule has 0 saturated carbocycles. The van der Waals surface area contributed by atoms with Crippen molar-refractivity contribution in [3.05, 3.63) is 35.4 Å². The molecule has 0 aliphatic carbocycles. The summed E-state index contributed by atoms with van der Waals surface area (Å²) >= 11 is 0. The fourth-order valence-electron chi connectivity index (χ4n) is 1.64. The van der Waals surface area contributed by atoms with Crippen LogP contribution in [0.25, 0.3) is 0 Å². The maximum atomic E-state index is 13.5. The number of hydrogen-bond acceptors (Lipinski definition) is 1. The molecule has 0 bridgehead atoms. The second-order valence-electron chi connectivity index (χ2n) is 3.27. The van der Waals surface area contributed by atoms with Gasteiger partial charge >= 0.3 is 0 Å². The van der Waals surface area contributed by atoms with Gasteiger partial charge in [-0.3, -0.25) is 4.90 Å². The number of fused-ring (bicyclic) bond motifs is 1. The van der Waals surface area contributed by atoms with Gasteiger partial charge < -0.3 is 0 Å². The standard InChI is InChI=1S/C10H12FN/c1-12-7-6-8-4-2-3-5-9(8)10(12)11/h2-5,10H,6-7H2,1H3. The van der Waals surface area contributed by atoms with Crippen LogP contribution in [0.15, 0.2) is 24.3 Å². The van der Waals surface area contributed by atoms with Gasteiger partial charge in [0.25, 0.3) is 0 Å². The Kier molecular flexibility index (Phi) is 1.85. The van der Waals surface area contributed by atoms with E-state index in [-0.39, 0.29) is 0 Å². The number of likely N-dealkylation sites (N-methyl/N-ethyl adjacent to an activating group) is 1. The van der Waals surface area contributed by atoms with Crippen molar-refractivity contribution in [2.24, 2.45) is 0 Å². The van der Waals surface area contributed by atoms with Gasteiger partial charge in [-0.15, -0.1) is 0 Å². The van der Waals surface area contributed by atoms with E-state index in [4.69, 9.17) is 0 Å². The molecule has 1 atom stereocenters. The van der Waals surface area contributed by atoms with Crippen molar-refractivity contribution in [3.63, 3.8) is 0 Å². The van der Waals surface area contributed by atoms with Crippen molar-refractivity contribution in [2.45, 2.75) is 12.7 Å². The highest BCUT2D eigenvalue weighted by Gasteiger charge is 2.22. The molecule has 0 amide bonds. The van der Waals surface area contributed by atoms with Gasteiger partial charge in [-0.2, -0.15) is 0 Å². The van der Waals surface area contributed by atoms with Crippen molar-refractivity contribution in [1.82, 2.24) is 4.90 Å². The zero-order valence-electron chi connectivity index (χ0n) is 7.13. The molecule has 0 radical (unpaired) electrons. The molecule has 0 spiro atoms. The minimum atomic E-state index is -0.907. The highest BCUT2D eigenvalue weighted by Crippen LogP contribution is 2.28. The summed E-state index contributed by atoms with van der Waals surface area (Å²) in [5.74, 6) is 0. The Labute approximate surface area is 71.8 Å². The van der Waals surface area contributed by atoms with Crippen LogP contribution in [0.1, 0.15) is 17.4 Å². The highest BCUT2D eigenvalue weighted by molar-refractivity contribution is 5.30. The molecular weight excluding hydrogens is 153 g/mol. The van der Waals surface area contributed by atoms with E-state index in [1.54, 1.807) is 4.90 Å². The molecule has 12 heavy (non-hydrogen) atoms. The summed E-state index contributed by atoms with van der Waals surface area (Å²) < 4.78 is 13.5. The van der Waals surface area contributed by atoms with Crippen molar-refractivity contribution in [2.75, 3.05) is 13.6 Å². The molecule has 1 aliphatic heterocycles. The van der Waals surface area contributed by atoms with E-state index in [1.165, 1.54) is 0 Å². The molecule has 0 fully saturated rings. The average molecular weight is 165 g/mol. The van der Waals surface area contributed by atoms with Gasteiger partial charge in [0.15, 0.2) is 6.30 Å². The fourth-order valence-corrected chi connectivity index (χ4v) is 1.64. The first kappa shape index (κ1) is 7.74. The maximum Gasteiger partial charge on any atom is 0.179 e. The fraction of sp³-hybridized carbons (Fsp3) is 0.400. The normalized spacial score (nSPS) is 23.7. The zero-order chi connectivity index (χ0) is 8.55. The number of nitrogens with zero attached hydrogens (tertiary/aromatic N) is 1. The summed E-state index contributed by atoms with van der Waals surface area (Å²) in [5.41, 5.74) is 1.99. The summed E-state index contributed by atoms with van der Waals surface area (Å²) in [6.07, 6.45) is 0.0579. The first-order chi connectivity index (χ1) is 5.79. The first-order valence-corrected chi connectivity index (χ1v) is 4.21. The van der Waals surface area contributed by atoms with Crippen LogP contribution in [0.5, 0.6) is 0 Å². The third-order valence-corrected chi connectivity index (χ3v) is 2.43. The largest absolute Gasteiger partial charge is 0.273 e. The van der Waals surface area contributed by atoms with E-state index < -0.39 is 6.30 Å². The Bertz CT molecular complexity index is 285. The predicted octanol–water partition coefficient (Wildman–Crippen LogP) is 2.14. The van der Waals surface area contributed by atoms with E-state index in [2.05, 4.69) is 0 Å². The zero-order valence-corrected chi connectivity index (χ0v) is 7.13. The van der Waals surface area contributed by atoms with Gasteiger partial charge in [0.05, 0.1) is 0 Å². The lowest BCUT2D eigenvalue weighted by Gasteiger charge is -2.28. The summed E-state index contributed by atoms with van der Waals surface area (Å²) in [6, 6.07) is 7.74. The molecule has 64 valence electrons. The summed E-state index contributed by atoms with van der Waals surface area (Å²) in [5, 5.41) is 0. The molecule has 1 aromatic carbocycles. The van der Waals surface area contributed by atoms with Crippen LogP contribution in [-0.2, 0) is 6.42 Å². The van der Waals surface area contributed by atoms with Crippen molar-refractivity contribution in [1.29, 1.82) is 0 Å². The average Bonchev–Trinajstić information content (AvgIpc) is 2.12. The molecule has 0 aromatic heterocycles. The van der Waals surface area contributed by atoms with Crippen LogP contribution < -0.4 is 0 Å². The molecule has 1 aliphatic rings. The van der Waals surface area contributed by atoms with Crippen LogP contribution in [0.4, 0.5) is 4.39 Å². The van der Waals surface area contributed by atoms with Gasteiger partial charge in [-0.05, 0) is 19.0 Å². The third-order valence-electron chi connectivity index (χ3n) is 2.43. The number of rotatable bonds is 0. The molecule has 1 nitrogen and oxygen atoms in total. The Morgan fingerprint density at radius 3 is 3.00 bits per heavy atom. The summed E-state index contributed by atoms with van der Waals surface area (Å²) in [6.45, 7) is 0.818. The Morgan fingerprint density at radius 1 is 1.42 bits per heavy atom. The summed E-state index contributed by atoms with van der Waals surface area (Å²) in [7, 11) is 1.82. The lowest BCUT2D eigenvalue weighted by Crippen LogP contribution is -2.29. The van der Waals surface area contributed by atoms with Crippen LogP contribution in [0.3, 0.4) is 0 Å². The number of alkyl halides is 1. The third kappa shape index (κ3) is 1.12. The van der Waals surface area contributed by atoms with Crippen LogP contribution in [-0.4, -0.2) is 18.5 Å². The molecule has 1 aromatic rings. The minimum Gasteiger partial charge on any atom is -0.273 e. The Balaban J connectivity index is 2.42. The second-order valence-corrected chi connectivity index (χ2v) is 3.27. The lowest BCUT2D eigenvalue weighted by atomic mass is 9.99. The van der Waals surface area contributed by atoms with Crippen molar-refractivity contribution < 1.29 is 4.39 Å². The first-order valence-electron chi connectivity index (χ1n) is 4.21. The monoisotopic (exact) mass is 165 g/mol. The minimum absolute atomic E-state index is 0.818. The Morgan fingerprint density at radius 2 is 2.17 bits per heavy atom. The second kappa shape index (κ2) is 2.87. The van der Waals surface area contributed by atoms with Crippen molar-refractivity contribution in [3.8, 4) is 0 Å². The van der Waals surface area contributed by atoms with E-state index in [0.29, 0.717) is 0 Å². The molecule has 1 unspecified atom stereocenters. The van der Waals surface area contributed by atoms with E-state index >= 15 is 0 Å². The topological polar surface area (TPSA) is 3.24 Å². The summed E-state index contributed by atoms with van der Waals surface area (Å²) in [4.78, 5) is 1.74. The van der Waals surface area contributed by atoms with E-state index in [0.717, 1.165) is 24.1 Å².